The Morgan fingerprint density at radius 3 is 2.79 bits per heavy atom. The largest absolute Gasteiger partial charge is 0.479 e. The minimum absolute atomic E-state index is 0.506. The molecule has 0 saturated heterocycles. The van der Waals surface area contributed by atoms with Crippen LogP contribution in [0.1, 0.15) is 32.3 Å². The van der Waals surface area contributed by atoms with Crippen LogP contribution in [0.2, 0.25) is 0 Å². The molecule has 0 aliphatic carbocycles. The van der Waals surface area contributed by atoms with Crippen molar-refractivity contribution < 1.29 is 14.6 Å². The molecule has 0 heterocycles. The topological polar surface area (TPSA) is 58.6 Å². The maximum absolute atomic E-state index is 11.1. The maximum atomic E-state index is 11.1. The second-order valence-electron chi connectivity index (χ2n) is 4.27. The maximum Gasteiger partial charge on any atom is 0.344 e. The van der Waals surface area contributed by atoms with Crippen LogP contribution in [0, 0.1) is 0 Å². The summed E-state index contributed by atoms with van der Waals surface area (Å²) in [4.78, 5) is 11.1. The van der Waals surface area contributed by atoms with Crippen LogP contribution in [-0.2, 0) is 11.3 Å². The van der Waals surface area contributed by atoms with E-state index in [-0.39, 0.29) is 0 Å². The molecule has 106 valence electrons. The Balaban J connectivity index is 2.88. The van der Waals surface area contributed by atoms with Gasteiger partial charge in [0.05, 0.1) is 0 Å². The van der Waals surface area contributed by atoms with E-state index in [0.29, 0.717) is 18.7 Å². The van der Waals surface area contributed by atoms with Gasteiger partial charge in [0.15, 0.2) is 6.10 Å². The van der Waals surface area contributed by atoms with Crippen molar-refractivity contribution in [1.29, 1.82) is 0 Å². The van der Waals surface area contributed by atoms with Gasteiger partial charge in [0.2, 0.25) is 0 Å². The molecule has 0 aliphatic rings. The van der Waals surface area contributed by atoms with E-state index >= 15 is 0 Å². The number of aliphatic carboxylic acids is 1. The molecule has 0 aliphatic heterocycles. The predicted molar refractivity (Wildman–Crippen MR) is 78.5 cm³/mol. The number of benzene rings is 1. The fourth-order valence-electron chi connectivity index (χ4n) is 1.71. The summed E-state index contributed by atoms with van der Waals surface area (Å²) in [6.45, 7) is 5.48. The Labute approximate surface area is 122 Å². The summed E-state index contributed by atoms with van der Waals surface area (Å²) in [6, 6.07) is 5.61. The molecule has 0 spiro atoms. The van der Waals surface area contributed by atoms with E-state index in [2.05, 4.69) is 21.2 Å². The van der Waals surface area contributed by atoms with Crippen molar-refractivity contribution in [2.24, 2.45) is 0 Å². The van der Waals surface area contributed by atoms with Crippen molar-refractivity contribution in [3.63, 3.8) is 0 Å². The first kappa shape index (κ1) is 16.0. The molecule has 0 fully saturated rings. The van der Waals surface area contributed by atoms with Gasteiger partial charge in [0.1, 0.15) is 5.75 Å². The quantitative estimate of drug-likeness (QED) is 0.769. The summed E-state index contributed by atoms with van der Waals surface area (Å²) in [5.74, 6) is -0.288. The predicted octanol–water partition coefficient (Wildman–Crippen LogP) is 3.19. The summed E-state index contributed by atoms with van der Waals surface area (Å²) >= 11 is 3.41. The molecule has 0 amide bonds. The number of hydrogen-bond donors (Lipinski definition) is 2. The van der Waals surface area contributed by atoms with Gasteiger partial charge in [-0.3, -0.25) is 0 Å². The zero-order chi connectivity index (χ0) is 14.3. The van der Waals surface area contributed by atoms with Crippen LogP contribution in [-0.4, -0.2) is 23.7 Å². The van der Waals surface area contributed by atoms with E-state index in [1.807, 2.05) is 32.0 Å². The summed E-state index contributed by atoms with van der Waals surface area (Å²) in [7, 11) is 0. The number of ether oxygens (including phenoxy) is 1. The molecule has 0 bridgehead atoms. The SMILES string of the molecule is CCCC(Oc1ccc(Br)cc1CNCC)C(=O)O. The molecule has 5 heteroatoms. The highest BCUT2D eigenvalue weighted by Gasteiger charge is 2.19. The van der Waals surface area contributed by atoms with Crippen molar-refractivity contribution in [3.05, 3.63) is 28.2 Å². The first-order valence-electron chi connectivity index (χ1n) is 6.47. The number of nitrogens with one attached hydrogen (secondary N) is 1. The second-order valence-corrected chi connectivity index (χ2v) is 5.18. The molecule has 1 aromatic rings. The van der Waals surface area contributed by atoms with Crippen molar-refractivity contribution in [2.45, 2.75) is 39.3 Å². The average molecular weight is 330 g/mol. The van der Waals surface area contributed by atoms with Gasteiger partial charge in [-0.05, 0) is 31.2 Å². The summed E-state index contributed by atoms with van der Waals surface area (Å²) in [5, 5.41) is 12.4. The van der Waals surface area contributed by atoms with Crippen LogP contribution >= 0.6 is 15.9 Å². The van der Waals surface area contributed by atoms with Crippen LogP contribution in [0.3, 0.4) is 0 Å². The molecule has 1 atom stereocenters. The number of carbonyl (C=O) groups is 1. The van der Waals surface area contributed by atoms with Gasteiger partial charge < -0.3 is 15.2 Å². The minimum Gasteiger partial charge on any atom is -0.479 e. The van der Waals surface area contributed by atoms with Gasteiger partial charge in [-0.1, -0.05) is 36.2 Å². The van der Waals surface area contributed by atoms with E-state index in [4.69, 9.17) is 9.84 Å². The molecule has 1 unspecified atom stereocenters. The first-order valence-corrected chi connectivity index (χ1v) is 7.26. The molecular weight excluding hydrogens is 310 g/mol. The molecule has 19 heavy (non-hydrogen) atoms. The smallest absolute Gasteiger partial charge is 0.344 e. The number of carboxylic acids is 1. The highest BCUT2D eigenvalue weighted by Crippen LogP contribution is 2.25. The van der Waals surface area contributed by atoms with Gasteiger partial charge in [-0.15, -0.1) is 0 Å². The van der Waals surface area contributed by atoms with E-state index in [0.717, 1.165) is 23.0 Å². The van der Waals surface area contributed by atoms with Crippen molar-refractivity contribution in [3.8, 4) is 5.75 Å². The van der Waals surface area contributed by atoms with E-state index in [9.17, 15) is 4.79 Å². The van der Waals surface area contributed by atoms with Gasteiger partial charge in [0.25, 0.3) is 0 Å². The van der Waals surface area contributed by atoms with Gasteiger partial charge in [0, 0.05) is 16.6 Å². The van der Waals surface area contributed by atoms with Crippen LogP contribution in [0.25, 0.3) is 0 Å². The van der Waals surface area contributed by atoms with Crippen LogP contribution in [0.5, 0.6) is 5.75 Å². The Kier molecular flexibility index (Phi) is 6.87. The molecule has 1 aromatic carbocycles. The van der Waals surface area contributed by atoms with E-state index < -0.39 is 12.1 Å². The Bertz CT molecular complexity index is 423. The van der Waals surface area contributed by atoms with Gasteiger partial charge >= 0.3 is 5.97 Å². The lowest BCUT2D eigenvalue weighted by molar-refractivity contribution is -0.145. The third-order valence-electron chi connectivity index (χ3n) is 2.68. The van der Waals surface area contributed by atoms with Crippen LogP contribution in [0.4, 0.5) is 0 Å². The fraction of sp³-hybridized carbons (Fsp3) is 0.500. The van der Waals surface area contributed by atoms with Gasteiger partial charge in [-0.2, -0.15) is 0 Å². The lowest BCUT2D eigenvalue weighted by Gasteiger charge is -2.17. The number of hydrogen-bond acceptors (Lipinski definition) is 3. The Hall–Kier alpha value is -1.07. The zero-order valence-corrected chi connectivity index (χ0v) is 12.9. The molecule has 1 rings (SSSR count). The zero-order valence-electron chi connectivity index (χ0n) is 11.3. The fourth-order valence-corrected chi connectivity index (χ4v) is 2.12. The molecule has 0 aromatic heterocycles. The molecule has 0 radical (unpaired) electrons. The van der Waals surface area contributed by atoms with Crippen molar-refractivity contribution in [2.75, 3.05) is 6.54 Å². The lowest BCUT2D eigenvalue weighted by atomic mass is 10.1. The highest BCUT2D eigenvalue weighted by atomic mass is 79.9. The molecular formula is C14H20BrNO3. The number of carboxylic acid groups (broad SMARTS) is 1. The number of halogens is 1. The average Bonchev–Trinajstić information content (AvgIpc) is 2.37. The van der Waals surface area contributed by atoms with Crippen LogP contribution < -0.4 is 10.1 Å². The molecule has 2 N–H and O–H groups in total. The standard InChI is InChI=1S/C14H20BrNO3/c1-3-5-13(14(17)18)19-12-7-6-11(15)8-10(12)9-16-4-2/h6-8,13,16H,3-5,9H2,1-2H3,(H,17,18). The first-order chi connectivity index (χ1) is 9.08. The molecule has 0 saturated carbocycles. The summed E-state index contributed by atoms with van der Waals surface area (Å²) in [6.07, 6.45) is 0.494. The van der Waals surface area contributed by atoms with E-state index in [1.165, 1.54) is 0 Å². The summed E-state index contributed by atoms with van der Waals surface area (Å²) in [5.41, 5.74) is 0.957. The third kappa shape index (κ3) is 5.20. The minimum atomic E-state index is -0.917. The Morgan fingerprint density at radius 2 is 2.21 bits per heavy atom. The Morgan fingerprint density at radius 1 is 1.47 bits per heavy atom. The van der Waals surface area contributed by atoms with Crippen LogP contribution in [0.15, 0.2) is 22.7 Å². The highest BCUT2D eigenvalue weighted by molar-refractivity contribution is 9.10. The normalized spacial score (nSPS) is 12.2. The van der Waals surface area contributed by atoms with Crippen molar-refractivity contribution >= 4 is 21.9 Å². The second kappa shape index (κ2) is 8.17. The third-order valence-corrected chi connectivity index (χ3v) is 3.18. The van der Waals surface area contributed by atoms with Crippen molar-refractivity contribution in [1.82, 2.24) is 5.32 Å². The lowest BCUT2D eigenvalue weighted by Crippen LogP contribution is -2.27. The van der Waals surface area contributed by atoms with Gasteiger partial charge in [-0.25, -0.2) is 4.79 Å². The number of rotatable bonds is 8. The monoisotopic (exact) mass is 329 g/mol. The summed E-state index contributed by atoms with van der Waals surface area (Å²) < 4.78 is 6.59. The van der Waals surface area contributed by atoms with E-state index in [1.54, 1.807) is 0 Å². The molecule has 4 nitrogen and oxygen atoms in total.